The van der Waals surface area contributed by atoms with E-state index >= 15 is 0 Å². The summed E-state index contributed by atoms with van der Waals surface area (Å²) in [6.07, 6.45) is 11.2. The van der Waals surface area contributed by atoms with Gasteiger partial charge < -0.3 is 9.16 Å². The second-order valence-corrected chi connectivity index (χ2v) is 6.58. The molecule has 0 N–H and O–H groups in total. The maximum absolute atomic E-state index is 5.46. The van der Waals surface area contributed by atoms with E-state index in [1.165, 1.54) is 62.5 Å². The summed E-state index contributed by atoms with van der Waals surface area (Å²) in [7, 11) is 2.68. The number of aryl methyl sites for hydroxylation is 1. The summed E-state index contributed by atoms with van der Waals surface area (Å²) >= 11 is 0. The smallest absolute Gasteiger partial charge is 0.145 e. The van der Waals surface area contributed by atoms with E-state index in [4.69, 9.17) is 9.16 Å². The average molecular weight is 339 g/mol. The zero-order valence-electron chi connectivity index (χ0n) is 16.1. The first-order valence-electron chi connectivity index (χ1n) is 9.38. The molecule has 0 spiro atoms. The second kappa shape index (κ2) is 16.1. The van der Waals surface area contributed by atoms with Crippen molar-refractivity contribution in [3.63, 3.8) is 0 Å². The first-order chi connectivity index (χ1) is 11.2. The van der Waals surface area contributed by atoms with E-state index in [0.29, 0.717) is 0 Å². The molecular weight excluding hydrogens is 300 g/mol. The fourth-order valence-corrected chi connectivity index (χ4v) is 2.83. The maximum atomic E-state index is 5.46. The van der Waals surface area contributed by atoms with Crippen molar-refractivity contribution in [3.8, 4) is 5.75 Å². The number of benzene rings is 1. The van der Waals surface area contributed by atoms with E-state index in [2.05, 4.69) is 39.0 Å². The Labute approximate surface area is 147 Å². The lowest BCUT2D eigenvalue weighted by molar-refractivity contribution is 0.335. The zero-order chi connectivity index (χ0) is 17.3. The summed E-state index contributed by atoms with van der Waals surface area (Å²) in [5.41, 5.74) is 2.91. The van der Waals surface area contributed by atoms with Gasteiger partial charge in [-0.3, -0.25) is 0 Å². The van der Waals surface area contributed by atoms with Crippen molar-refractivity contribution in [1.29, 1.82) is 0 Å². The molecule has 0 aromatic heterocycles. The summed E-state index contributed by atoms with van der Waals surface area (Å²) in [5, 5.41) is 0. The third-order valence-electron chi connectivity index (χ3n) is 3.98. The van der Waals surface area contributed by atoms with Crippen LogP contribution in [0.3, 0.4) is 0 Å². The predicted molar refractivity (Wildman–Crippen MR) is 106 cm³/mol. The Morgan fingerprint density at radius 3 is 2.09 bits per heavy atom. The van der Waals surface area contributed by atoms with Crippen LogP contribution in [-0.4, -0.2) is 24.2 Å². The summed E-state index contributed by atoms with van der Waals surface area (Å²) in [5.74, 6) is 1.07. The molecule has 0 radical (unpaired) electrons. The number of unbranched alkanes of at least 4 members (excludes halogenated alkanes) is 4. The van der Waals surface area contributed by atoms with E-state index < -0.39 is 0 Å². The van der Waals surface area contributed by atoms with Crippen molar-refractivity contribution in [2.24, 2.45) is 0 Å². The van der Waals surface area contributed by atoms with Crippen molar-refractivity contribution >= 4 is 10.5 Å². The Balaban J connectivity index is 0.000000585. The van der Waals surface area contributed by atoms with E-state index in [1.54, 1.807) is 7.11 Å². The molecule has 2 nitrogen and oxygen atoms in total. The van der Waals surface area contributed by atoms with Crippen LogP contribution in [0.15, 0.2) is 18.2 Å². The quantitative estimate of drug-likeness (QED) is 0.424. The lowest BCUT2D eigenvalue weighted by Gasteiger charge is -2.13. The second-order valence-electron chi connectivity index (χ2n) is 6.00. The van der Waals surface area contributed by atoms with Crippen LogP contribution in [0.5, 0.6) is 5.75 Å². The molecule has 1 aromatic carbocycles. The first-order valence-corrected chi connectivity index (χ1v) is 10.2. The molecule has 0 saturated carbocycles. The molecule has 1 aromatic rings. The van der Waals surface area contributed by atoms with Crippen LogP contribution in [0.1, 0.15) is 76.8 Å². The van der Waals surface area contributed by atoms with Gasteiger partial charge in [-0.2, -0.15) is 0 Å². The third-order valence-corrected chi connectivity index (χ3v) is 4.39. The van der Waals surface area contributed by atoms with E-state index in [-0.39, 0.29) is 0 Å². The molecule has 0 aliphatic rings. The van der Waals surface area contributed by atoms with E-state index in [9.17, 15) is 0 Å². The molecule has 0 aliphatic heterocycles. The van der Waals surface area contributed by atoms with Crippen LogP contribution in [-0.2, 0) is 17.3 Å². The highest BCUT2D eigenvalue weighted by atomic mass is 28.2. The molecule has 0 atom stereocenters. The van der Waals surface area contributed by atoms with Gasteiger partial charge in [0.2, 0.25) is 0 Å². The fraction of sp³-hybridized carbons (Fsp3) is 0.700. The largest absolute Gasteiger partial charge is 0.496 e. The van der Waals surface area contributed by atoms with Crippen LogP contribution in [0.25, 0.3) is 0 Å². The van der Waals surface area contributed by atoms with Crippen molar-refractivity contribution < 1.29 is 9.16 Å². The predicted octanol–water partition coefficient (Wildman–Crippen LogP) is 4.85. The topological polar surface area (TPSA) is 18.5 Å². The molecule has 0 heterocycles. The minimum atomic E-state index is 0.906. The van der Waals surface area contributed by atoms with Crippen LogP contribution in [0.2, 0.25) is 0 Å². The molecule has 0 aliphatic carbocycles. The van der Waals surface area contributed by atoms with Gasteiger partial charge >= 0.3 is 0 Å². The van der Waals surface area contributed by atoms with Crippen molar-refractivity contribution in [1.82, 2.24) is 0 Å². The van der Waals surface area contributed by atoms with Gasteiger partial charge in [0.15, 0.2) is 0 Å². The van der Waals surface area contributed by atoms with Gasteiger partial charge in [0.1, 0.15) is 16.2 Å². The third kappa shape index (κ3) is 10.6. The Morgan fingerprint density at radius 1 is 0.870 bits per heavy atom. The van der Waals surface area contributed by atoms with Gasteiger partial charge in [0.25, 0.3) is 0 Å². The molecular formula is C20H38O2Si. The van der Waals surface area contributed by atoms with Gasteiger partial charge in [-0.05, 0) is 49.3 Å². The summed E-state index contributed by atoms with van der Waals surface area (Å²) in [6.45, 7) is 7.67. The molecule has 3 heteroatoms. The molecule has 0 unspecified atom stereocenters. The van der Waals surface area contributed by atoms with Crippen LogP contribution in [0, 0.1) is 0 Å². The Bertz CT molecular complexity index is 376. The monoisotopic (exact) mass is 338 g/mol. The minimum Gasteiger partial charge on any atom is -0.496 e. The number of hydrogen-bond acceptors (Lipinski definition) is 2. The Morgan fingerprint density at radius 2 is 1.52 bits per heavy atom. The number of rotatable bonds is 11. The van der Waals surface area contributed by atoms with Gasteiger partial charge in [-0.1, -0.05) is 58.6 Å². The zero-order valence-corrected chi connectivity index (χ0v) is 18.1. The lowest BCUT2D eigenvalue weighted by atomic mass is 9.97. The molecule has 23 heavy (non-hydrogen) atoms. The minimum absolute atomic E-state index is 0.906. The highest BCUT2D eigenvalue weighted by Gasteiger charge is 2.07. The average Bonchev–Trinajstić information content (AvgIpc) is 2.59. The maximum Gasteiger partial charge on any atom is 0.145 e. The normalized spacial score (nSPS) is 10.3. The highest BCUT2D eigenvalue weighted by molar-refractivity contribution is 5.97. The molecule has 0 amide bonds. The number of ether oxygens (including phenoxy) is 1. The van der Waals surface area contributed by atoms with Crippen molar-refractivity contribution in [2.45, 2.75) is 78.6 Å². The fourth-order valence-electron chi connectivity index (χ4n) is 2.54. The van der Waals surface area contributed by atoms with Gasteiger partial charge in [0, 0.05) is 6.61 Å². The van der Waals surface area contributed by atoms with Gasteiger partial charge in [-0.25, -0.2) is 0 Å². The Hall–Kier alpha value is -0.803. The molecule has 1 rings (SSSR count). The molecule has 0 bridgehead atoms. The number of hydrogen-bond donors (Lipinski definition) is 0. The van der Waals surface area contributed by atoms with Crippen molar-refractivity contribution in [3.05, 3.63) is 29.3 Å². The van der Waals surface area contributed by atoms with Gasteiger partial charge in [0.05, 0.1) is 7.11 Å². The van der Waals surface area contributed by atoms with Crippen LogP contribution >= 0.6 is 0 Å². The Kier molecular flexibility index (Phi) is 15.5. The standard InChI is InChI=1S/C15H24O.C5H14OSi/c1-4-6-9-13-10-8-12-15(16-3)14(13)11-7-5-2;1-2-3-4-5-6-7/h8,10,12H,4-7,9,11H2,1-3H3;2-5H2,1,7H3. The summed E-state index contributed by atoms with van der Waals surface area (Å²) in [6, 6.07) is 6.45. The number of methoxy groups -OCH3 is 1. The van der Waals surface area contributed by atoms with Crippen LogP contribution < -0.4 is 4.74 Å². The SMILES string of the molecule is CCCCCO[SiH3].CCCCc1cccc(OC)c1CCCC. The van der Waals surface area contributed by atoms with E-state index in [1.807, 2.05) is 0 Å². The van der Waals surface area contributed by atoms with E-state index in [0.717, 1.165) is 29.3 Å². The molecule has 0 fully saturated rings. The first kappa shape index (κ1) is 22.2. The summed E-state index contributed by atoms with van der Waals surface area (Å²) < 4.78 is 10.4. The van der Waals surface area contributed by atoms with Crippen LogP contribution in [0.4, 0.5) is 0 Å². The molecule has 134 valence electrons. The molecule has 0 saturated heterocycles. The van der Waals surface area contributed by atoms with Crippen molar-refractivity contribution in [2.75, 3.05) is 13.7 Å². The lowest BCUT2D eigenvalue weighted by Crippen LogP contribution is -1.99. The highest BCUT2D eigenvalue weighted by Crippen LogP contribution is 2.25. The van der Waals surface area contributed by atoms with Gasteiger partial charge in [-0.15, -0.1) is 0 Å². The summed E-state index contributed by atoms with van der Waals surface area (Å²) in [4.78, 5) is 0.